The summed E-state index contributed by atoms with van der Waals surface area (Å²) in [5, 5.41) is 5.40. The molecule has 0 atom stereocenters. The van der Waals surface area contributed by atoms with E-state index in [9.17, 15) is 0 Å². The fourth-order valence-electron chi connectivity index (χ4n) is 2.27. The highest BCUT2D eigenvalue weighted by molar-refractivity contribution is 7.09. The van der Waals surface area contributed by atoms with E-state index in [1.165, 1.54) is 21.7 Å². The summed E-state index contributed by atoms with van der Waals surface area (Å²) in [5.41, 5.74) is 4.02. The van der Waals surface area contributed by atoms with Gasteiger partial charge in [-0.05, 0) is 43.5 Å². The van der Waals surface area contributed by atoms with E-state index in [1.54, 1.807) is 0 Å². The van der Waals surface area contributed by atoms with Crippen LogP contribution in [-0.4, -0.2) is 20.6 Å². The van der Waals surface area contributed by atoms with Crippen molar-refractivity contribution in [2.24, 2.45) is 0 Å². The first-order valence-electron chi connectivity index (χ1n) is 6.68. The van der Waals surface area contributed by atoms with Crippen LogP contribution in [0.4, 0.5) is 5.69 Å². The molecule has 1 N–H and O–H groups in total. The van der Waals surface area contributed by atoms with Gasteiger partial charge in [0.1, 0.15) is 0 Å². The second-order valence-electron chi connectivity index (χ2n) is 4.91. The predicted molar refractivity (Wildman–Crippen MR) is 85.2 cm³/mol. The molecule has 0 amide bonds. The molecule has 0 spiro atoms. The minimum Gasteiger partial charge on any atom is -0.374 e. The maximum Gasteiger partial charge on any atom is 0.0409 e. The summed E-state index contributed by atoms with van der Waals surface area (Å²) in [4.78, 5) is 3.81. The van der Waals surface area contributed by atoms with Gasteiger partial charge in [-0.25, -0.2) is 0 Å². The number of anilines is 1. The lowest BCUT2D eigenvalue weighted by Gasteiger charge is -2.22. The highest BCUT2D eigenvalue weighted by Gasteiger charge is 2.07. The molecule has 2 aromatic rings. The summed E-state index contributed by atoms with van der Waals surface area (Å²) in [6, 6.07) is 11.0. The zero-order chi connectivity index (χ0) is 13.7. The van der Waals surface area contributed by atoms with Crippen LogP contribution in [0.3, 0.4) is 0 Å². The molecule has 0 aliphatic carbocycles. The van der Waals surface area contributed by atoms with Crippen molar-refractivity contribution in [1.29, 1.82) is 0 Å². The SMILES string of the molecule is CNCc1cc(C)ccc1N(C)CCc1cccs1. The van der Waals surface area contributed by atoms with Crippen molar-refractivity contribution in [1.82, 2.24) is 5.32 Å². The normalized spacial score (nSPS) is 10.7. The maximum atomic E-state index is 3.25. The van der Waals surface area contributed by atoms with E-state index < -0.39 is 0 Å². The zero-order valence-electron chi connectivity index (χ0n) is 11.9. The van der Waals surface area contributed by atoms with Crippen molar-refractivity contribution >= 4 is 17.0 Å². The number of nitrogens with one attached hydrogen (secondary N) is 1. The second-order valence-corrected chi connectivity index (χ2v) is 5.95. The molecule has 1 aromatic carbocycles. The summed E-state index contributed by atoms with van der Waals surface area (Å²) in [7, 11) is 4.18. The number of aryl methyl sites for hydroxylation is 1. The van der Waals surface area contributed by atoms with Gasteiger partial charge in [0.15, 0.2) is 0 Å². The molecular weight excluding hydrogens is 252 g/mol. The number of rotatable bonds is 6. The Labute approximate surface area is 120 Å². The molecule has 2 rings (SSSR count). The molecule has 3 heteroatoms. The molecule has 102 valence electrons. The van der Waals surface area contributed by atoms with Gasteiger partial charge in [-0.15, -0.1) is 11.3 Å². The van der Waals surface area contributed by atoms with Gasteiger partial charge < -0.3 is 10.2 Å². The van der Waals surface area contributed by atoms with Crippen molar-refractivity contribution in [3.05, 3.63) is 51.7 Å². The molecule has 0 aliphatic heterocycles. The summed E-state index contributed by atoms with van der Waals surface area (Å²) >= 11 is 1.84. The minimum absolute atomic E-state index is 0.917. The van der Waals surface area contributed by atoms with Crippen molar-refractivity contribution < 1.29 is 0 Å². The lowest BCUT2D eigenvalue weighted by atomic mass is 10.1. The van der Waals surface area contributed by atoms with Crippen LogP contribution in [-0.2, 0) is 13.0 Å². The van der Waals surface area contributed by atoms with Gasteiger partial charge in [0.05, 0.1) is 0 Å². The first-order chi connectivity index (χ1) is 9.20. The molecule has 1 aromatic heterocycles. The third-order valence-corrected chi connectivity index (χ3v) is 4.22. The molecular formula is C16H22N2S. The Morgan fingerprint density at radius 1 is 1.26 bits per heavy atom. The largest absolute Gasteiger partial charge is 0.374 e. The van der Waals surface area contributed by atoms with E-state index in [-0.39, 0.29) is 0 Å². The number of hydrogen-bond donors (Lipinski definition) is 1. The van der Waals surface area contributed by atoms with Gasteiger partial charge in [0.2, 0.25) is 0 Å². The van der Waals surface area contributed by atoms with Crippen LogP contribution in [0.1, 0.15) is 16.0 Å². The molecule has 19 heavy (non-hydrogen) atoms. The fourth-order valence-corrected chi connectivity index (χ4v) is 2.97. The van der Waals surface area contributed by atoms with E-state index >= 15 is 0 Å². The van der Waals surface area contributed by atoms with E-state index in [0.29, 0.717) is 0 Å². The number of nitrogens with zero attached hydrogens (tertiary/aromatic N) is 1. The van der Waals surface area contributed by atoms with Crippen LogP contribution in [0, 0.1) is 6.92 Å². The summed E-state index contributed by atoms with van der Waals surface area (Å²) in [6.07, 6.45) is 1.11. The lowest BCUT2D eigenvalue weighted by Crippen LogP contribution is -2.22. The Morgan fingerprint density at radius 2 is 2.11 bits per heavy atom. The smallest absolute Gasteiger partial charge is 0.0409 e. The van der Waals surface area contributed by atoms with E-state index in [2.05, 4.69) is 59.9 Å². The molecule has 0 saturated carbocycles. The summed E-state index contributed by atoms with van der Waals surface area (Å²) in [5.74, 6) is 0. The first-order valence-corrected chi connectivity index (χ1v) is 7.56. The van der Waals surface area contributed by atoms with E-state index in [1.807, 2.05) is 18.4 Å². The number of likely N-dealkylation sites (N-methyl/N-ethyl adjacent to an activating group) is 1. The van der Waals surface area contributed by atoms with Crippen LogP contribution in [0.2, 0.25) is 0 Å². The lowest BCUT2D eigenvalue weighted by molar-refractivity contribution is 0.802. The molecule has 0 fully saturated rings. The summed E-state index contributed by atoms with van der Waals surface area (Å²) < 4.78 is 0. The third kappa shape index (κ3) is 3.82. The minimum atomic E-state index is 0.917. The average Bonchev–Trinajstić information content (AvgIpc) is 2.90. The van der Waals surface area contributed by atoms with E-state index in [0.717, 1.165) is 19.5 Å². The van der Waals surface area contributed by atoms with Crippen LogP contribution >= 0.6 is 11.3 Å². The quantitative estimate of drug-likeness (QED) is 0.868. The van der Waals surface area contributed by atoms with E-state index in [4.69, 9.17) is 0 Å². The van der Waals surface area contributed by atoms with Crippen LogP contribution in [0.5, 0.6) is 0 Å². The Kier molecular flexibility index (Phi) is 5.00. The standard InChI is InChI=1S/C16H22N2S/c1-13-6-7-16(14(11-13)12-17-2)18(3)9-8-15-5-4-10-19-15/h4-7,10-11,17H,8-9,12H2,1-3H3. The zero-order valence-corrected chi connectivity index (χ0v) is 12.8. The van der Waals surface area contributed by atoms with Crippen molar-refractivity contribution in [2.75, 3.05) is 25.5 Å². The first kappa shape index (κ1) is 14.1. The van der Waals surface area contributed by atoms with Gasteiger partial charge in [0, 0.05) is 30.7 Å². The molecule has 2 nitrogen and oxygen atoms in total. The molecule has 1 heterocycles. The molecule has 0 unspecified atom stereocenters. The van der Waals surface area contributed by atoms with Crippen molar-refractivity contribution in [2.45, 2.75) is 19.9 Å². The second kappa shape index (κ2) is 6.73. The third-order valence-electron chi connectivity index (χ3n) is 3.29. The van der Waals surface area contributed by atoms with Gasteiger partial charge in [0.25, 0.3) is 0 Å². The Hall–Kier alpha value is -1.32. The molecule has 0 radical (unpaired) electrons. The molecule has 0 bridgehead atoms. The van der Waals surface area contributed by atoms with Crippen LogP contribution in [0.25, 0.3) is 0 Å². The highest BCUT2D eigenvalue weighted by Crippen LogP contribution is 2.21. The summed E-state index contributed by atoms with van der Waals surface area (Å²) in [6.45, 7) is 4.12. The van der Waals surface area contributed by atoms with Gasteiger partial charge in [-0.2, -0.15) is 0 Å². The fraction of sp³-hybridized carbons (Fsp3) is 0.375. The number of hydrogen-bond acceptors (Lipinski definition) is 3. The van der Waals surface area contributed by atoms with Gasteiger partial charge in [-0.3, -0.25) is 0 Å². The highest BCUT2D eigenvalue weighted by atomic mass is 32.1. The maximum absolute atomic E-state index is 3.25. The van der Waals surface area contributed by atoms with Crippen LogP contribution < -0.4 is 10.2 Å². The molecule has 0 aliphatic rings. The Bertz CT molecular complexity index is 505. The monoisotopic (exact) mass is 274 g/mol. The Balaban J connectivity index is 2.07. The predicted octanol–water partition coefficient (Wildman–Crippen LogP) is 3.45. The van der Waals surface area contributed by atoms with Crippen LogP contribution in [0.15, 0.2) is 35.7 Å². The number of thiophene rings is 1. The Morgan fingerprint density at radius 3 is 2.79 bits per heavy atom. The topological polar surface area (TPSA) is 15.3 Å². The molecule has 0 saturated heterocycles. The number of benzene rings is 1. The average molecular weight is 274 g/mol. The van der Waals surface area contributed by atoms with Crippen molar-refractivity contribution in [3.8, 4) is 0 Å². The van der Waals surface area contributed by atoms with Crippen molar-refractivity contribution in [3.63, 3.8) is 0 Å². The van der Waals surface area contributed by atoms with Gasteiger partial charge >= 0.3 is 0 Å². The van der Waals surface area contributed by atoms with Gasteiger partial charge in [-0.1, -0.05) is 23.8 Å².